The lowest BCUT2D eigenvalue weighted by atomic mass is 10.2. The average molecular weight is 514 g/mol. The minimum Gasteiger partial charge on any atom is -0.492 e. The second-order valence-corrected chi connectivity index (χ2v) is 9.59. The van der Waals surface area contributed by atoms with Crippen molar-refractivity contribution < 1.29 is 4.74 Å². The molecule has 3 aromatic heterocycles. The number of hydrogen-bond acceptors (Lipinski definition) is 6. The lowest BCUT2D eigenvalue weighted by molar-refractivity contribution is 0.238. The number of likely N-dealkylation sites (tertiary alicyclic amines) is 1. The van der Waals surface area contributed by atoms with Crippen molar-refractivity contribution in [2.75, 3.05) is 31.6 Å². The number of nitrogens with zero attached hydrogens (tertiary/aromatic N) is 6. The molecule has 1 saturated heterocycles. The lowest BCUT2D eigenvalue weighted by Crippen LogP contribution is -2.25. The third kappa shape index (κ3) is 5.45. The van der Waals surface area contributed by atoms with Crippen molar-refractivity contribution in [3.05, 3.63) is 89.7 Å². The highest BCUT2D eigenvalue weighted by Crippen LogP contribution is 2.24. The standard InChI is InChI=1S/C28H28ClN7O/c29-25-7-2-1-6-21(25)19-35-20-22(18-30-35)26-8-5-9-27-32-28(33-36(26)27)31-23-10-12-24(13-11-23)37-17-16-34-14-3-4-15-34/h1-2,5-13,18,20H,3-4,14-17,19H2,(H,31,33). The summed E-state index contributed by atoms with van der Waals surface area (Å²) in [5, 5.41) is 13.3. The summed E-state index contributed by atoms with van der Waals surface area (Å²) >= 11 is 6.32. The zero-order chi connectivity index (χ0) is 25.0. The van der Waals surface area contributed by atoms with Gasteiger partial charge in [-0.2, -0.15) is 10.1 Å². The van der Waals surface area contributed by atoms with Crippen molar-refractivity contribution in [3.8, 4) is 17.0 Å². The fourth-order valence-electron chi connectivity index (χ4n) is 4.62. The number of benzene rings is 2. The minimum absolute atomic E-state index is 0.526. The van der Waals surface area contributed by atoms with Crippen LogP contribution < -0.4 is 10.1 Å². The van der Waals surface area contributed by atoms with Gasteiger partial charge in [0, 0.05) is 29.0 Å². The first-order valence-electron chi connectivity index (χ1n) is 12.6. The Morgan fingerprint density at radius 1 is 0.946 bits per heavy atom. The largest absolute Gasteiger partial charge is 0.492 e. The van der Waals surface area contributed by atoms with E-state index < -0.39 is 0 Å². The molecule has 0 unspecified atom stereocenters. The first-order valence-corrected chi connectivity index (χ1v) is 12.9. The van der Waals surface area contributed by atoms with Crippen LogP contribution in [0.1, 0.15) is 18.4 Å². The van der Waals surface area contributed by atoms with Gasteiger partial charge in [-0.1, -0.05) is 35.9 Å². The van der Waals surface area contributed by atoms with E-state index >= 15 is 0 Å². The maximum absolute atomic E-state index is 6.32. The molecule has 9 heteroatoms. The number of nitrogens with one attached hydrogen (secondary N) is 1. The van der Waals surface area contributed by atoms with Crippen molar-refractivity contribution in [1.82, 2.24) is 29.3 Å². The van der Waals surface area contributed by atoms with Gasteiger partial charge in [0.1, 0.15) is 12.4 Å². The van der Waals surface area contributed by atoms with E-state index in [1.165, 1.54) is 25.9 Å². The van der Waals surface area contributed by atoms with Crippen molar-refractivity contribution >= 4 is 28.9 Å². The molecule has 0 spiro atoms. The maximum atomic E-state index is 6.32. The number of fused-ring (bicyclic) bond motifs is 1. The summed E-state index contributed by atoms with van der Waals surface area (Å²) in [6.07, 6.45) is 6.43. The molecule has 1 fully saturated rings. The van der Waals surface area contributed by atoms with Crippen molar-refractivity contribution in [1.29, 1.82) is 0 Å². The molecular formula is C28H28ClN7O. The summed E-state index contributed by atoms with van der Waals surface area (Å²) in [7, 11) is 0. The van der Waals surface area contributed by atoms with Crippen LogP contribution in [-0.2, 0) is 6.54 Å². The van der Waals surface area contributed by atoms with Crippen molar-refractivity contribution in [3.63, 3.8) is 0 Å². The molecule has 2 aromatic carbocycles. The van der Waals surface area contributed by atoms with Crippen LogP contribution in [0.25, 0.3) is 16.9 Å². The fourth-order valence-corrected chi connectivity index (χ4v) is 4.82. The van der Waals surface area contributed by atoms with Crippen molar-refractivity contribution in [2.24, 2.45) is 0 Å². The van der Waals surface area contributed by atoms with Crippen LogP contribution in [0.2, 0.25) is 5.02 Å². The smallest absolute Gasteiger partial charge is 0.247 e. The molecule has 1 aliphatic rings. The fraction of sp³-hybridized carbons (Fsp3) is 0.250. The van der Waals surface area contributed by atoms with E-state index in [2.05, 4.69) is 20.3 Å². The third-order valence-electron chi connectivity index (χ3n) is 6.56. The highest BCUT2D eigenvalue weighted by Gasteiger charge is 2.13. The average Bonchev–Trinajstić information content (AvgIpc) is 3.67. The normalized spacial score (nSPS) is 13.9. The molecule has 0 atom stereocenters. The Morgan fingerprint density at radius 2 is 1.78 bits per heavy atom. The molecule has 8 nitrogen and oxygen atoms in total. The Morgan fingerprint density at radius 3 is 2.62 bits per heavy atom. The molecule has 0 aliphatic carbocycles. The quantitative estimate of drug-likeness (QED) is 0.280. The number of hydrogen-bond donors (Lipinski definition) is 1. The van der Waals surface area contributed by atoms with E-state index in [0.29, 0.717) is 19.1 Å². The third-order valence-corrected chi connectivity index (χ3v) is 6.93. The predicted octanol–water partition coefficient (Wildman–Crippen LogP) is 5.51. The zero-order valence-corrected chi connectivity index (χ0v) is 21.2. The molecule has 0 saturated carbocycles. The highest BCUT2D eigenvalue weighted by molar-refractivity contribution is 6.31. The van der Waals surface area contributed by atoms with Crippen LogP contribution in [0.3, 0.4) is 0 Å². The molecule has 1 aliphatic heterocycles. The molecule has 0 bridgehead atoms. The van der Waals surface area contributed by atoms with Crippen molar-refractivity contribution in [2.45, 2.75) is 19.4 Å². The van der Waals surface area contributed by atoms with Gasteiger partial charge in [0.15, 0.2) is 5.65 Å². The number of pyridine rings is 1. The monoisotopic (exact) mass is 513 g/mol. The van der Waals surface area contributed by atoms with Gasteiger partial charge in [0.25, 0.3) is 0 Å². The first-order chi connectivity index (χ1) is 18.2. The van der Waals surface area contributed by atoms with Gasteiger partial charge in [0.2, 0.25) is 5.95 Å². The molecule has 37 heavy (non-hydrogen) atoms. The van der Waals surface area contributed by atoms with Crippen LogP contribution in [0.5, 0.6) is 5.75 Å². The topological polar surface area (TPSA) is 72.5 Å². The predicted molar refractivity (Wildman–Crippen MR) is 146 cm³/mol. The van der Waals surface area contributed by atoms with Gasteiger partial charge in [-0.3, -0.25) is 9.58 Å². The van der Waals surface area contributed by atoms with E-state index in [1.54, 1.807) is 0 Å². The molecule has 4 heterocycles. The van der Waals surface area contributed by atoms with Gasteiger partial charge in [-0.25, -0.2) is 4.52 Å². The van der Waals surface area contributed by atoms with E-state index in [4.69, 9.17) is 21.4 Å². The molecular weight excluding hydrogens is 486 g/mol. The zero-order valence-electron chi connectivity index (χ0n) is 20.4. The molecule has 0 radical (unpaired) electrons. The number of rotatable bonds is 9. The maximum Gasteiger partial charge on any atom is 0.247 e. The van der Waals surface area contributed by atoms with Gasteiger partial charge in [-0.05, 0) is 74.0 Å². The van der Waals surface area contributed by atoms with E-state index in [0.717, 1.165) is 45.5 Å². The van der Waals surface area contributed by atoms with Crippen LogP contribution in [-0.4, -0.2) is 55.5 Å². The lowest BCUT2D eigenvalue weighted by Gasteiger charge is -2.15. The summed E-state index contributed by atoms with van der Waals surface area (Å²) in [6.45, 7) is 4.65. The Labute approximate surface area is 220 Å². The highest BCUT2D eigenvalue weighted by atomic mass is 35.5. The van der Waals surface area contributed by atoms with Crippen LogP contribution in [0, 0.1) is 0 Å². The molecule has 1 N–H and O–H groups in total. The molecule has 6 rings (SSSR count). The summed E-state index contributed by atoms with van der Waals surface area (Å²) in [6, 6.07) is 21.6. The Kier molecular flexibility index (Phi) is 6.75. The first kappa shape index (κ1) is 23.5. The van der Waals surface area contributed by atoms with Gasteiger partial charge in [0.05, 0.1) is 18.4 Å². The van der Waals surface area contributed by atoms with Gasteiger partial charge >= 0.3 is 0 Å². The Bertz CT molecular complexity index is 1490. The number of anilines is 2. The van der Waals surface area contributed by atoms with Crippen LogP contribution >= 0.6 is 11.6 Å². The summed E-state index contributed by atoms with van der Waals surface area (Å²) < 4.78 is 9.62. The van der Waals surface area contributed by atoms with Gasteiger partial charge in [-0.15, -0.1) is 5.10 Å². The van der Waals surface area contributed by atoms with E-state index in [9.17, 15) is 0 Å². The van der Waals surface area contributed by atoms with Gasteiger partial charge < -0.3 is 10.1 Å². The second-order valence-electron chi connectivity index (χ2n) is 9.18. The molecule has 0 amide bonds. The number of ether oxygens (including phenoxy) is 1. The minimum atomic E-state index is 0.526. The summed E-state index contributed by atoms with van der Waals surface area (Å²) in [5.74, 6) is 1.39. The van der Waals surface area contributed by atoms with E-state index in [1.807, 2.05) is 88.3 Å². The van der Waals surface area contributed by atoms with E-state index in [-0.39, 0.29) is 0 Å². The number of halogens is 1. The molecule has 5 aromatic rings. The SMILES string of the molecule is Clc1ccccc1Cn1cc(-c2cccc3nc(Nc4ccc(OCCN5CCCC5)cc4)nn23)cn1. The second kappa shape index (κ2) is 10.6. The number of aromatic nitrogens is 5. The van der Waals surface area contributed by atoms with Crippen LogP contribution in [0.4, 0.5) is 11.6 Å². The Balaban J connectivity index is 1.14. The molecule has 188 valence electrons. The summed E-state index contributed by atoms with van der Waals surface area (Å²) in [5.41, 5.74) is 4.53. The Hall–Kier alpha value is -3.88. The van der Waals surface area contributed by atoms with Crippen LogP contribution in [0.15, 0.2) is 79.1 Å². The summed E-state index contributed by atoms with van der Waals surface area (Å²) in [4.78, 5) is 7.10.